The van der Waals surface area contributed by atoms with Gasteiger partial charge in [0.15, 0.2) is 0 Å². The number of hydrogen-bond donors (Lipinski definition) is 1. The molecule has 0 aromatic rings. The molecule has 0 aromatic carbocycles. The van der Waals surface area contributed by atoms with Gasteiger partial charge >= 0.3 is 0 Å². The largest absolute Gasteiger partial charge is 0.315 e. The van der Waals surface area contributed by atoms with Crippen LogP contribution in [-0.4, -0.2) is 23.1 Å². The summed E-state index contributed by atoms with van der Waals surface area (Å²) in [6.45, 7) is 12.4. The molecule has 80 valence electrons. The van der Waals surface area contributed by atoms with Crippen molar-refractivity contribution in [2.24, 2.45) is 0 Å². The van der Waals surface area contributed by atoms with Gasteiger partial charge in [0.1, 0.15) is 0 Å². The third kappa shape index (κ3) is 10.2. The van der Waals surface area contributed by atoms with Crippen LogP contribution >= 0.6 is 11.8 Å². The Kier molecular flexibility index (Phi) is 6.88. The highest BCUT2D eigenvalue weighted by atomic mass is 32.2. The number of rotatable bonds is 6. The molecule has 0 aliphatic rings. The fourth-order valence-corrected chi connectivity index (χ4v) is 2.14. The smallest absolute Gasteiger partial charge is 0.00750 e. The van der Waals surface area contributed by atoms with Gasteiger partial charge in [0.2, 0.25) is 0 Å². The summed E-state index contributed by atoms with van der Waals surface area (Å²) in [5.41, 5.74) is 0. The first-order valence-electron chi connectivity index (χ1n) is 5.33. The highest BCUT2D eigenvalue weighted by molar-refractivity contribution is 8.00. The minimum absolute atomic E-state index is 0.432. The molecule has 1 nitrogen and oxygen atoms in total. The van der Waals surface area contributed by atoms with E-state index in [1.54, 1.807) is 0 Å². The van der Waals surface area contributed by atoms with E-state index < -0.39 is 0 Å². The quantitative estimate of drug-likeness (QED) is 0.665. The van der Waals surface area contributed by atoms with Gasteiger partial charge in [0.25, 0.3) is 0 Å². The van der Waals surface area contributed by atoms with Gasteiger partial charge in [-0.3, -0.25) is 0 Å². The average Bonchev–Trinajstić information content (AvgIpc) is 1.97. The molecular formula is C11H25NS. The Morgan fingerprint density at radius 2 is 1.92 bits per heavy atom. The van der Waals surface area contributed by atoms with E-state index in [1.807, 2.05) is 0 Å². The minimum atomic E-state index is 0.432. The predicted octanol–water partition coefficient (Wildman–Crippen LogP) is 3.30. The van der Waals surface area contributed by atoms with E-state index in [2.05, 4.69) is 51.7 Å². The summed E-state index contributed by atoms with van der Waals surface area (Å²) in [7, 11) is 0. The van der Waals surface area contributed by atoms with Crippen LogP contribution in [0.15, 0.2) is 0 Å². The zero-order valence-electron chi connectivity index (χ0n) is 9.81. The summed E-state index contributed by atoms with van der Waals surface area (Å²) in [5, 5.41) is 3.43. The van der Waals surface area contributed by atoms with Crippen LogP contribution < -0.4 is 5.32 Å². The van der Waals surface area contributed by atoms with Crippen molar-refractivity contribution in [2.45, 2.75) is 58.2 Å². The van der Waals surface area contributed by atoms with E-state index in [4.69, 9.17) is 0 Å². The Labute approximate surface area is 88.1 Å². The van der Waals surface area contributed by atoms with Gasteiger partial charge < -0.3 is 5.32 Å². The molecule has 0 spiro atoms. The normalized spacial score (nSPS) is 14.5. The SMILES string of the molecule is CCNC(C)CCCSC(C)(C)C. The molecule has 1 unspecified atom stereocenters. The van der Waals surface area contributed by atoms with Crippen LogP contribution in [0.25, 0.3) is 0 Å². The van der Waals surface area contributed by atoms with Crippen molar-refractivity contribution in [3.05, 3.63) is 0 Å². The Hall–Kier alpha value is 0.310. The van der Waals surface area contributed by atoms with E-state index in [0.29, 0.717) is 10.8 Å². The maximum absolute atomic E-state index is 3.43. The summed E-state index contributed by atoms with van der Waals surface area (Å²) in [6.07, 6.45) is 2.63. The van der Waals surface area contributed by atoms with Crippen LogP contribution in [0.5, 0.6) is 0 Å². The molecule has 0 fully saturated rings. The molecule has 0 saturated heterocycles. The molecule has 2 heteroatoms. The molecular weight excluding hydrogens is 178 g/mol. The third-order valence-electron chi connectivity index (χ3n) is 1.87. The molecule has 0 aliphatic carbocycles. The first-order valence-corrected chi connectivity index (χ1v) is 6.31. The highest BCUT2D eigenvalue weighted by Gasteiger charge is 2.09. The lowest BCUT2D eigenvalue weighted by Crippen LogP contribution is -2.25. The van der Waals surface area contributed by atoms with Crippen molar-refractivity contribution in [1.29, 1.82) is 0 Å². The number of thioether (sulfide) groups is 1. The molecule has 0 heterocycles. The van der Waals surface area contributed by atoms with Gasteiger partial charge in [0.05, 0.1) is 0 Å². The van der Waals surface area contributed by atoms with Gasteiger partial charge in [0, 0.05) is 10.8 Å². The first kappa shape index (κ1) is 13.3. The summed E-state index contributed by atoms with van der Waals surface area (Å²) in [6, 6.07) is 0.686. The second-order valence-corrected chi connectivity index (χ2v) is 6.48. The van der Waals surface area contributed by atoms with Crippen LogP contribution in [0.1, 0.15) is 47.5 Å². The Morgan fingerprint density at radius 1 is 1.31 bits per heavy atom. The molecule has 0 saturated carbocycles. The van der Waals surface area contributed by atoms with Crippen molar-refractivity contribution in [3.8, 4) is 0 Å². The van der Waals surface area contributed by atoms with Crippen LogP contribution in [0, 0.1) is 0 Å². The summed E-state index contributed by atoms with van der Waals surface area (Å²) in [5.74, 6) is 1.29. The molecule has 0 rings (SSSR count). The standard InChI is InChI=1S/C11H25NS/c1-6-12-10(2)8-7-9-13-11(3,4)5/h10,12H,6-9H2,1-5H3. The van der Waals surface area contributed by atoms with Crippen LogP contribution in [-0.2, 0) is 0 Å². The Balaban J connectivity index is 3.25. The van der Waals surface area contributed by atoms with Gasteiger partial charge in [-0.1, -0.05) is 27.7 Å². The summed E-state index contributed by atoms with van der Waals surface area (Å²) < 4.78 is 0.432. The van der Waals surface area contributed by atoms with Crippen LogP contribution in [0.3, 0.4) is 0 Å². The topological polar surface area (TPSA) is 12.0 Å². The molecule has 0 radical (unpaired) electrons. The zero-order valence-corrected chi connectivity index (χ0v) is 10.6. The lowest BCUT2D eigenvalue weighted by molar-refractivity contribution is 0.526. The lowest BCUT2D eigenvalue weighted by atomic mass is 10.2. The van der Waals surface area contributed by atoms with Crippen molar-refractivity contribution in [2.75, 3.05) is 12.3 Å². The fourth-order valence-electron chi connectivity index (χ4n) is 1.22. The second-order valence-electron chi connectivity index (χ2n) is 4.56. The van der Waals surface area contributed by atoms with E-state index in [0.717, 1.165) is 6.54 Å². The van der Waals surface area contributed by atoms with Crippen molar-refractivity contribution < 1.29 is 0 Å². The lowest BCUT2D eigenvalue weighted by Gasteiger charge is -2.18. The Morgan fingerprint density at radius 3 is 2.38 bits per heavy atom. The van der Waals surface area contributed by atoms with E-state index in [-0.39, 0.29) is 0 Å². The van der Waals surface area contributed by atoms with Crippen molar-refractivity contribution >= 4 is 11.8 Å². The minimum Gasteiger partial charge on any atom is -0.315 e. The van der Waals surface area contributed by atoms with E-state index >= 15 is 0 Å². The van der Waals surface area contributed by atoms with E-state index in [1.165, 1.54) is 18.6 Å². The van der Waals surface area contributed by atoms with Crippen LogP contribution in [0.4, 0.5) is 0 Å². The molecule has 0 aliphatic heterocycles. The predicted molar refractivity (Wildman–Crippen MR) is 64.6 cm³/mol. The van der Waals surface area contributed by atoms with Crippen LogP contribution in [0.2, 0.25) is 0 Å². The number of nitrogens with one attached hydrogen (secondary N) is 1. The van der Waals surface area contributed by atoms with Gasteiger partial charge in [-0.25, -0.2) is 0 Å². The molecule has 13 heavy (non-hydrogen) atoms. The molecule has 0 amide bonds. The maximum Gasteiger partial charge on any atom is 0.00750 e. The van der Waals surface area contributed by atoms with Crippen molar-refractivity contribution in [3.63, 3.8) is 0 Å². The molecule has 0 aromatic heterocycles. The maximum atomic E-state index is 3.43. The fraction of sp³-hybridized carbons (Fsp3) is 1.00. The van der Waals surface area contributed by atoms with Gasteiger partial charge in [-0.05, 0) is 32.1 Å². The Bertz CT molecular complexity index is 118. The van der Waals surface area contributed by atoms with Crippen molar-refractivity contribution in [1.82, 2.24) is 5.32 Å². The molecule has 0 bridgehead atoms. The third-order valence-corrected chi connectivity index (χ3v) is 3.23. The average molecular weight is 203 g/mol. The molecule has 1 atom stereocenters. The zero-order chi connectivity index (χ0) is 10.3. The monoisotopic (exact) mass is 203 g/mol. The second kappa shape index (κ2) is 6.72. The first-order chi connectivity index (χ1) is 5.95. The summed E-state index contributed by atoms with van der Waals surface area (Å²) >= 11 is 2.07. The van der Waals surface area contributed by atoms with Gasteiger partial charge in [-0.2, -0.15) is 11.8 Å². The van der Waals surface area contributed by atoms with Gasteiger partial charge in [-0.15, -0.1) is 0 Å². The van der Waals surface area contributed by atoms with E-state index in [9.17, 15) is 0 Å². The summed E-state index contributed by atoms with van der Waals surface area (Å²) in [4.78, 5) is 0. The number of hydrogen-bond acceptors (Lipinski definition) is 2. The highest BCUT2D eigenvalue weighted by Crippen LogP contribution is 2.24. The molecule has 1 N–H and O–H groups in total.